The van der Waals surface area contributed by atoms with Crippen molar-refractivity contribution in [3.63, 3.8) is 0 Å². The minimum Gasteiger partial charge on any atom is -0.457 e. The predicted octanol–water partition coefficient (Wildman–Crippen LogP) is 6.01. The summed E-state index contributed by atoms with van der Waals surface area (Å²) in [6, 6.07) is 22.8. The third-order valence-corrected chi connectivity index (χ3v) is 5.31. The van der Waals surface area contributed by atoms with E-state index in [4.69, 9.17) is 31.1 Å². The molecule has 0 saturated heterocycles. The summed E-state index contributed by atoms with van der Waals surface area (Å²) in [6.45, 7) is 0. The first-order chi connectivity index (χ1) is 15.5. The number of nitrogens with one attached hydrogen (secondary N) is 2. The number of hydrogen-bond acceptors (Lipinski definition) is 4. The van der Waals surface area contributed by atoms with Crippen molar-refractivity contribution in [1.82, 2.24) is 0 Å². The molecule has 0 atom stereocenters. The molecule has 0 aliphatic rings. The normalized spacial score (nSPS) is 11.2. The summed E-state index contributed by atoms with van der Waals surface area (Å²) in [7, 11) is 0. The van der Waals surface area contributed by atoms with Crippen LogP contribution in [0.5, 0.6) is 0 Å². The van der Waals surface area contributed by atoms with Gasteiger partial charge in [0.05, 0.1) is 0 Å². The third kappa shape index (κ3) is 4.37. The number of nitrogens with two attached hydrogens (primary N) is 2. The molecule has 0 aliphatic heterocycles. The van der Waals surface area contributed by atoms with Gasteiger partial charge in [-0.1, -0.05) is 30.3 Å². The maximum absolute atomic E-state index is 7.59. The molecule has 2 aromatic heterocycles. The predicted molar refractivity (Wildman–Crippen MR) is 136 cm³/mol. The number of halogens is 1. The molecule has 0 aliphatic carbocycles. The Kier molecular flexibility index (Phi) is 5.77. The molecule has 3 aromatic carbocycles. The van der Waals surface area contributed by atoms with Crippen LogP contribution in [0.15, 0.2) is 81.6 Å². The molecule has 5 aromatic rings. The number of fused-ring (bicyclic) bond motifs is 2. The number of nitrogen functional groups attached to an aromatic ring is 2. The smallest absolute Gasteiger partial charge is 0.135 e. The van der Waals surface area contributed by atoms with E-state index in [1.165, 1.54) is 0 Å². The van der Waals surface area contributed by atoms with E-state index in [1.807, 2.05) is 72.8 Å². The lowest BCUT2D eigenvalue weighted by molar-refractivity contribution is 0.604. The number of benzene rings is 3. The van der Waals surface area contributed by atoms with Crippen LogP contribution in [0.25, 0.3) is 45.4 Å². The molecule has 0 bridgehead atoms. The van der Waals surface area contributed by atoms with Crippen molar-refractivity contribution in [2.45, 2.75) is 0 Å². The van der Waals surface area contributed by atoms with Crippen LogP contribution in [-0.4, -0.2) is 11.7 Å². The van der Waals surface area contributed by atoms with Gasteiger partial charge in [0.15, 0.2) is 0 Å². The molecule has 6 nitrogen and oxygen atoms in total. The maximum Gasteiger partial charge on any atom is 0.135 e. The van der Waals surface area contributed by atoms with E-state index in [1.54, 1.807) is 12.1 Å². The van der Waals surface area contributed by atoms with Crippen molar-refractivity contribution in [2.24, 2.45) is 11.5 Å². The standard InChI is InChI=1S/C26H20N4O2.ClH/c27-25(28)17-6-9-22-19(11-17)13-21(31-22)8-3-15-1-4-16(5-2-15)24-14-20-12-18(26(29)30)7-10-23(20)32-24;/h1-14H,(H3,27,28)(H3,29,30);1H/b8-3+;. The van der Waals surface area contributed by atoms with Crippen LogP contribution in [0.3, 0.4) is 0 Å². The monoisotopic (exact) mass is 456 g/mol. The van der Waals surface area contributed by atoms with E-state index in [0.717, 1.165) is 44.6 Å². The quantitative estimate of drug-likeness (QED) is 0.191. The Bertz CT molecular complexity index is 1530. The van der Waals surface area contributed by atoms with Crippen molar-refractivity contribution in [3.05, 3.63) is 95.2 Å². The Morgan fingerprint density at radius 2 is 1.24 bits per heavy atom. The summed E-state index contributed by atoms with van der Waals surface area (Å²) in [5.74, 6) is 1.56. The molecule has 33 heavy (non-hydrogen) atoms. The maximum atomic E-state index is 7.59. The molecule has 6 N–H and O–H groups in total. The molecule has 0 spiro atoms. The number of rotatable bonds is 5. The first-order valence-electron chi connectivity index (χ1n) is 10.0. The molecular weight excluding hydrogens is 436 g/mol. The van der Waals surface area contributed by atoms with Crippen LogP contribution in [0.2, 0.25) is 0 Å². The topological polar surface area (TPSA) is 126 Å². The van der Waals surface area contributed by atoms with Gasteiger partial charge in [0.2, 0.25) is 0 Å². The van der Waals surface area contributed by atoms with Gasteiger partial charge in [0.1, 0.15) is 34.4 Å². The van der Waals surface area contributed by atoms with E-state index < -0.39 is 0 Å². The molecule has 0 radical (unpaired) electrons. The fraction of sp³-hybridized carbons (Fsp3) is 0. The molecule has 0 saturated carbocycles. The fourth-order valence-electron chi connectivity index (χ4n) is 3.60. The second-order valence-corrected chi connectivity index (χ2v) is 7.55. The molecule has 0 amide bonds. The van der Waals surface area contributed by atoms with Crippen LogP contribution in [0.1, 0.15) is 22.5 Å². The zero-order valence-corrected chi connectivity index (χ0v) is 18.3. The van der Waals surface area contributed by atoms with Gasteiger partial charge >= 0.3 is 0 Å². The van der Waals surface area contributed by atoms with Gasteiger partial charge in [-0.15, -0.1) is 12.4 Å². The highest BCUT2D eigenvalue weighted by Gasteiger charge is 2.08. The summed E-state index contributed by atoms with van der Waals surface area (Å²) < 4.78 is 11.8. The Labute approximate surface area is 195 Å². The lowest BCUT2D eigenvalue weighted by Crippen LogP contribution is -2.10. The van der Waals surface area contributed by atoms with Gasteiger partial charge in [-0.25, -0.2) is 0 Å². The van der Waals surface area contributed by atoms with E-state index in [9.17, 15) is 0 Å². The van der Waals surface area contributed by atoms with Crippen molar-refractivity contribution in [1.29, 1.82) is 10.8 Å². The first kappa shape index (κ1) is 21.9. The summed E-state index contributed by atoms with van der Waals surface area (Å²) in [5.41, 5.74) is 16.0. The van der Waals surface area contributed by atoms with Crippen LogP contribution in [-0.2, 0) is 0 Å². The minimum absolute atomic E-state index is 0. The van der Waals surface area contributed by atoms with E-state index >= 15 is 0 Å². The minimum atomic E-state index is 0. The van der Waals surface area contributed by atoms with E-state index in [-0.39, 0.29) is 24.1 Å². The van der Waals surface area contributed by atoms with Crippen molar-refractivity contribution < 1.29 is 8.83 Å². The van der Waals surface area contributed by atoms with Crippen molar-refractivity contribution in [2.75, 3.05) is 0 Å². The Morgan fingerprint density at radius 1 is 0.667 bits per heavy atom. The Balaban J connectivity index is 0.00000259. The van der Waals surface area contributed by atoms with Gasteiger partial charge in [-0.05, 0) is 60.2 Å². The summed E-state index contributed by atoms with van der Waals surface area (Å²) in [5, 5.41) is 17.0. The molecular formula is C26H21ClN4O2. The average molecular weight is 457 g/mol. The second-order valence-electron chi connectivity index (χ2n) is 7.55. The average Bonchev–Trinajstić information content (AvgIpc) is 3.40. The van der Waals surface area contributed by atoms with Crippen molar-refractivity contribution >= 4 is 58.2 Å². The van der Waals surface area contributed by atoms with Crippen LogP contribution >= 0.6 is 12.4 Å². The SMILES string of the molecule is Cl.N=C(N)c1ccc2oc(/C=C/c3ccc(-c4cc5cc(C(=N)N)ccc5o4)cc3)cc2c1. The Hall–Kier alpha value is -4.29. The summed E-state index contributed by atoms with van der Waals surface area (Å²) in [6.07, 6.45) is 3.89. The number of amidine groups is 2. The van der Waals surface area contributed by atoms with Gasteiger partial charge < -0.3 is 20.3 Å². The van der Waals surface area contributed by atoms with Crippen LogP contribution in [0.4, 0.5) is 0 Å². The fourth-order valence-corrected chi connectivity index (χ4v) is 3.60. The third-order valence-electron chi connectivity index (χ3n) is 5.31. The molecule has 5 rings (SSSR count). The molecule has 7 heteroatoms. The molecule has 2 heterocycles. The summed E-state index contributed by atoms with van der Waals surface area (Å²) >= 11 is 0. The highest BCUT2D eigenvalue weighted by Crippen LogP contribution is 2.29. The summed E-state index contributed by atoms with van der Waals surface area (Å²) in [4.78, 5) is 0. The lowest BCUT2D eigenvalue weighted by Gasteiger charge is -1.98. The zero-order valence-electron chi connectivity index (χ0n) is 17.5. The van der Waals surface area contributed by atoms with Gasteiger partial charge in [-0.3, -0.25) is 10.8 Å². The van der Waals surface area contributed by atoms with E-state index in [2.05, 4.69) is 0 Å². The first-order valence-corrected chi connectivity index (χ1v) is 10.0. The molecule has 0 unspecified atom stereocenters. The van der Waals surface area contributed by atoms with E-state index in [0.29, 0.717) is 11.1 Å². The number of furan rings is 2. The zero-order chi connectivity index (χ0) is 22.2. The highest BCUT2D eigenvalue weighted by molar-refractivity contribution is 5.99. The second kappa shape index (κ2) is 8.68. The van der Waals surface area contributed by atoms with Gasteiger partial charge in [0.25, 0.3) is 0 Å². The van der Waals surface area contributed by atoms with Gasteiger partial charge in [-0.2, -0.15) is 0 Å². The van der Waals surface area contributed by atoms with Crippen LogP contribution in [0, 0.1) is 10.8 Å². The molecule has 164 valence electrons. The Morgan fingerprint density at radius 3 is 1.85 bits per heavy atom. The largest absolute Gasteiger partial charge is 0.457 e. The molecule has 0 fully saturated rings. The van der Waals surface area contributed by atoms with Crippen LogP contribution < -0.4 is 11.5 Å². The lowest BCUT2D eigenvalue weighted by atomic mass is 10.1. The van der Waals surface area contributed by atoms with Gasteiger partial charge in [0, 0.05) is 27.5 Å². The number of hydrogen-bond donors (Lipinski definition) is 4. The van der Waals surface area contributed by atoms with Crippen molar-refractivity contribution in [3.8, 4) is 11.3 Å². The highest BCUT2D eigenvalue weighted by atomic mass is 35.5.